The molecule has 1 unspecified atom stereocenters. The van der Waals surface area contributed by atoms with Crippen LogP contribution in [0.4, 0.5) is 0 Å². The third-order valence-corrected chi connectivity index (χ3v) is 3.38. The van der Waals surface area contributed by atoms with Gasteiger partial charge in [-0.25, -0.2) is 0 Å². The van der Waals surface area contributed by atoms with Gasteiger partial charge in [0.05, 0.1) is 11.5 Å². The van der Waals surface area contributed by atoms with Gasteiger partial charge in [0, 0.05) is 0 Å². The Hall–Kier alpha value is -0.510. The van der Waals surface area contributed by atoms with Crippen LogP contribution < -0.4 is 0 Å². The standard InChI is InChI=1S/C14H27N/c1-4-6-7-8-9-10-11-12-14(3,5-2)13-15/h4-12H2,1-3H3. The molecule has 0 N–H and O–H groups in total. The lowest BCUT2D eigenvalue weighted by molar-refractivity contribution is 0.368. The molecule has 0 aliphatic rings. The summed E-state index contributed by atoms with van der Waals surface area (Å²) in [7, 11) is 0. The Morgan fingerprint density at radius 1 is 0.933 bits per heavy atom. The molecule has 0 heterocycles. The highest BCUT2D eigenvalue weighted by Crippen LogP contribution is 2.27. The molecular weight excluding hydrogens is 182 g/mol. The van der Waals surface area contributed by atoms with Crippen molar-refractivity contribution in [1.82, 2.24) is 0 Å². The van der Waals surface area contributed by atoms with Gasteiger partial charge in [0.25, 0.3) is 0 Å². The largest absolute Gasteiger partial charge is 0.198 e. The van der Waals surface area contributed by atoms with Crippen molar-refractivity contribution in [2.24, 2.45) is 5.41 Å². The molecule has 0 amide bonds. The van der Waals surface area contributed by atoms with E-state index >= 15 is 0 Å². The second kappa shape index (κ2) is 8.77. The van der Waals surface area contributed by atoms with Crippen molar-refractivity contribution >= 4 is 0 Å². The monoisotopic (exact) mass is 209 g/mol. The third kappa shape index (κ3) is 7.42. The van der Waals surface area contributed by atoms with Crippen LogP contribution in [0.15, 0.2) is 0 Å². The highest BCUT2D eigenvalue weighted by atomic mass is 14.3. The fourth-order valence-corrected chi connectivity index (χ4v) is 1.78. The second-order valence-corrected chi connectivity index (χ2v) is 4.90. The summed E-state index contributed by atoms with van der Waals surface area (Å²) in [4.78, 5) is 0. The molecule has 15 heavy (non-hydrogen) atoms. The van der Waals surface area contributed by atoms with Crippen molar-refractivity contribution in [2.45, 2.75) is 78.6 Å². The average Bonchev–Trinajstić information content (AvgIpc) is 2.27. The molecule has 0 rings (SSSR count). The van der Waals surface area contributed by atoms with Gasteiger partial charge in [0.1, 0.15) is 0 Å². The molecular formula is C14H27N. The van der Waals surface area contributed by atoms with Crippen molar-refractivity contribution in [3.05, 3.63) is 0 Å². The summed E-state index contributed by atoms with van der Waals surface area (Å²) in [5.41, 5.74) is -0.0661. The fourth-order valence-electron chi connectivity index (χ4n) is 1.78. The van der Waals surface area contributed by atoms with Crippen LogP contribution in [0.2, 0.25) is 0 Å². The molecule has 0 radical (unpaired) electrons. The van der Waals surface area contributed by atoms with E-state index in [-0.39, 0.29) is 5.41 Å². The number of nitrogens with zero attached hydrogens (tertiary/aromatic N) is 1. The van der Waals surface area contributed by atoms with Crippen molar-refractivity contribution in [1.29, 1.82) is 5.26 Å². The second-order valence-electron chi connectivity index (χ2n) is 4.90. The number of rotatable bonds is 9. The maximum absolute atomic E-state index is 9.01. The molecule has 0 fully saturated rings. The van der Waals surface area contributed by atoms with Crippen LogP contribution in [0.1, 0.15) is 78.6 Å². The first-order chi connectivity index (χ1) is 7.18. The predicted octanol–water partition coefficient (Wildman–Crippen LogP) is 5.07. The summed E-state index contributed by atoms with van der Waals surface area (Å²) < 4.78 is 0. The van der Waals surface area contributed by atoms with E-state index in [1.165, 1.54) is 44.9 Å². The summed E-state index contributed by atoms with van der Waals surface area (Å²) in [5, 5.41) is 9.01. The summed E-state index contributed by atoms with van der Waals surface area (Å²) in [6.07, 6.45) is 11.4. The summed E-state index contributed by atoms with van der Waals surface area (Å²) in [5.74, 6) is 0. The maximum atomic E-state index is 9.01. The lowest BCUT2D eigenvalue weighted by Gasteiger charge is -2.18. The molecule has 1 atom stereocenters. The van der Waals surface area contributed by atoms with Crippen LogP contribution in [0.3, 0.4) is 0 Å². The van der Waals surface area contributed by atoms with E-state index < -0.39 is 0 Å². The SMILES string of the molecule is CCCCCCCCCC(C)(C#N)CC. The van der Waals surface area contributed by atoms with Gasteiger partial charge in [-0.3, -0.25) is 0 Å². The smallest absolute Gasteiger partial charge is 0.0686 e. The molecule has 0 bridgehead atoms. The van der Waals surface area contributed by atoms with Gasteiger partial charge in [0.15, 0.2) is 0 Å². The normalized spacial score (nSPS) is 14.5. The number of unbranched alkanes of at least 4 members (excludes halogenated alkanes) is 6. The minimum Gasteiger partial charge on any atom is -0.198 e. The van der Waals surface area contributed by atoms with Gasteiger partial charge < -0.3 is 0 Å². The zero-order valence-corrected chi connectivity index (χ0v) is 10.8. The molecule has 0 aromatic rings. The molecule has 88 valence electrons. The number of hydrogen-bond donors (Lipinski definition) is 0. The van der Waals surface area contributed by atoms with E-state index in [0.29, 0.717) is 0 Å². The Kier molecular flexibility index (Phi) is 8.47. The van der Waals surface area contributed by atoms with E-state index in [2.05, 4.69) is 26.8 Å². The summed E-state index contributed by atoms with van der Waals surface area (Å²) >= 11 is 0. The van der Waals surface area contributed by atoms with Gasteiger partial charge >= 0.3 is 0 Å². The third-order valence-electron chi connectivity index (χ3n) is 3.38. The summed E-state index contributed by atoms with van der Waals surface area (Å²) in [6.45, 7) is 6.45. The zero-order valence-electron chi connectivity index (χ0n) is 10.8. The van der Waals surface area contributed by atoms with Crippen LogP contribution in [-0.4, -0.2) is 0 Å². The van der Waals surface area contributed by atoms with Gasteiger partial charge in [-0.15, -0.1) is 0 Å². The molecule has 0 aromatic carbocycles. The van der Waals surface area contributed by atoms with Gasteiger partial charge in [0.2, 0.25) is 0 Å². The lowest BCUT2D eigenvalue weighted by Crippen LogP contribution is -2.11. The molecule has 0 aliphatic carbocycles. The minimum absolute atomic E-state index is 0.0661. The molecule has 0 saturated heterocycles. The van der Waals surface area contributed by atoms with E-state index in [1.54, 1.807) is 0 Å². The predicted molar refractivity (Wildman–Crippen MR) is 66.6 cm³/mol. The highest BCUT2D eigenvalue weighted by molar-refractivity contribution is 4.93. The van der Waals surface area contributed by atoms with Crippen molar-refractivity contribution in [3.63, 3.8) is 0 Å². The van der Waals surface area contributed by atoms with Crippen LogP contribution in [0, 0.1) is 16.7 Å². The average molecular weight is 209 g/mol. The van der Waals surface area contributed by atoms with Crippen molar-refractivity contribution < 1.29 is 0 Å². The number of nitriles is 1. The molecule has 1 nitrogen and oxygen atoms in total. The first-order valence-corrected chi connectivity index (χ1v) is 6.59. The Labute approximate surface area is 95.9 Å². The Balaban J connectivity index is 3.35. The fraction of sp³-hybridized carbons (Fsp3) is 0.929. The molecule has 0 aliphatic heterocycles. The highest BCUT2D eigenvalue weighted by Gasteiger charge is 2.19. The van der Waals surface area contributed by atoms with Gasteiger partial charge in [-0.2, -0.15) is 5.26 Å². The van der Waals surface area contributed by atoms with Crippen LogP contribution in [-0.2, 0) is 0 Å². The van der Waals surface area contributed by atoms with Crippen LogP contribution in [0.5, 0.6) is 0 Å². The van der Waals surface area contributed by atoms with Crippen molar-refractivity contribution in [2.75, 3.05) is 0 Å². The first kappa shape index (κ1) is 14.5. The van der Waals surface area contributed by atoms with Crippen molar-refractivity contribution in [3.8, 4) is 6.07 Å². The molecule has 0 aromatic heterocycles. The Bertz CT molecular complexity index is 180. The lowest BCUT2D eigenvalue weighted by atomic mass is 9.84. The van der Waals surface area contributed by atoms with Crippen LogP contribution in [0.25, 0.3) is 0 Å². The molecule has 1 heteroatoms. The van der Waals surface area contributed by atoms with Gasteiger partial charge in [-0.1, -0.05) is 58.8 Å². The van der Waals surface area contributed by atoms with E-state index in [1.807, 2.05) is 0 Å². The first-order valence-electron chi connectivity index (χ1n) is 6.59. The van der Waals surface area contributed by atoms with E-state index in [0.717, 1.165) is 12.8 Å². The van der Waals surface area contributed by atoms with Crippen LogP contribution >= 0.6 is 0 Å². The summed E-state index contributed by atoms with van der Waals surface area (Å²) in [6, 6.07) is 2.44. The zero-order chi connectivity index (χ0) is 11.6. The Morgan fingerprint density at radius 2 is 1.47 bits per heavy atom. The van der Waals surface area contributed by atoms with E-state index in [4.69, 9.17) is 5.26 Å². The number of hydrogen-bond acceptors (Lipinski definition) is 1. The minimum atomic E-state index is -0.0661. The maximum Gasteiger partial charge on any atom is 0.0686 e. The molecule has 0 saturated carbocycles. The topological polar surface area (TPSA) is 23.8 Å². The van der Waals surface area contributed by atoms with Gasteiger partial charge in [-0.05, 0) is 19.8 Å². The van der Waals surface area contributed by atoms with E-state index in [9.17, 15) is 0 Å². The Morgan fingerprint density at radius 3 is 1.93 bits per heavy atom. The molecule has 0 spiro atoms. The quantitative estimate of drug-likeness (QED) is 0.486.